The molecule has 7 heteroatoms. The molecule has 0 amide bonds. The van der Waals surface area contributed by atoms with Crippen LogP contribution in [0.3, 0.4) is 0 Å². The predicted octanol–water partition coefficient (Wildman–Crippen LogP) is 5.75. The fourth-order valence-electron chi connectivity index (χ4n) is 5.19. The zero-order valence-electron chi connectivity index (χ0n) is 17.9. The lowest BCUT2D eigenvalue weighted by Gasteiger charge is -2.38. The average molecular weight is 431 g/mol. The Balaban J connectivity index is 1.40. The molecule has 31 heavy (non-hydrogen) atoms. The fraction of sp³-hybridized carbons (Fsp3) is 0.583. The lowest BCUT2D eigenvalue weighted by atomic mass is 9.84. The van der Waals surface area contributed by atoms with Crippen LogP contribution < -0.4 is 0 Å². The molecule has 2 aromatic rings. The van der Waals surface area contributed by atoms with Crippen LogP contribution in [-0.4, -0.2) is 32.6 Å². The molecule has 2 aromatic heterocycles. The van der Waals surface area contributed by atoms with E-state index in [1.165, 1.54) is 5.57 Å². The quantitative estimate of drug-likeness (QED) is 0.606. The summed E-state index contributed by atoms with van der Waals surface area (Å²) in [5.74, 6) is 1.73. The molecule has 1 aliphatic heterocycles. The van der Waals surface area contributed by atoms with Gasteiger partial charge in [-0.3, -0.25) is 9.30 Å². The van der Waals surface area contributed by atoms with Gasteiger partial charge in [0.25, 0.3) is 0 Å². The van der Waals surface area contributed by atoms with Gasteiger partial charge in [-0.2, -0.15) is 13.2 Å². The molecule has 0 bridgehead atoms. The van der Waals surface area contributed by atoms with Crippen molar-refractivity contribution in [2.75, 3.05) is 13.1 Å². The maximum atomic E-state index is 14.2. The first-order valence-corrected chi connectivity index (χ1v) is 11.4. The summed E-state index contributed by atoms with van der Waals surface area (Å²) in [4.78, 5) is 2.19. The Morgan fingerprint density at radius 1 is 1.13 bits per heavy atom. The van der Waals surface area contributed by atoms with Crippen molar-refractivity contribution in [1.29, 1.82) is 0 Å². The van der Waals surface area contributed by atoms with E-state index in [2.05, 4.69) is 33.3 Å². The smallest absolute Gasteiger partial charge is 0.297 e. The van der Waals surface area contributed by atoms with Crippen LogP contribution in [0.5, 0.6) is 0 Å². The SMILES string of the molecule is CC(c1ccn2c(CC3CC3)nnc2c1C(F)(F)F)N1CCC(C2=CC=CCC2)CC1. The van der Waals surface area contributed by atoms with Gasteiger partial charge in [-0.1, -0.05) is 23.8 Å². The third kappa shape index (κ3) is 4.16. The number of likely N-dealkylation sites (tertiary alicyclic amines) is 1. The molecule has 0 spiro atoms. The zero-order valence-corrected chi connectivity index (χ0v) is 17.9. The number of hydrogen-bond donors (Lipinski definition) is 0. The lowest BCUT2D eigenvalue weighted by molar-refractivity contribution is -0.137. The molecule has 2 aliphatic carbocycles. The van der Waals surface area contributed by atoms with Gasteiger partial charge in [0.05, 0.1) is 0 Å². The second-order valence-electron chi connectivity index (χ2n) is 9.30. The lowest BCUT2D eigenvalue weighted by Crippen LogP contribution is -2.37. The van der Waals surface area contributed by atoms with Crippen LogP contribution >= 0.6 is 0 Å². The highest BCUT2D eigenvalue weighted by atomic mass is 19.4. The molecular formula is C24H29F3N4. The Kier molecular flexibility index (Phi) is 5.40. The van der Waals surface area contributed by atoms with Crippen molar-refractivity contribution >= 4 is 5.65 Å². The van der Waals surface area contributed by atoms with E-state index >= 15 is 0 Å². The standard InChI is InChI=1S/C24H29F3N4/c1-16(30-12-9-19(10-13-30)18-5-3-2-4-6-18)20-11-14-31-21(15-17-7-8-17)28-29-23(31)22(20)24(25,26)27/h2-3,5,11,14,16-17,19H,4,6-10,12-13,15H2,1H3. The van der Waals surface area contributed by atoms with Gasteiger partial charge in [0.2, 0.25) is 0 Å². The highest BCUT2D eigenvalue weighted by molar-refractivity contribution is 5.54. The topological polar surface area (TPSA) is 33.4 Å². The monoisotopic (exact) mass is 430 g/mol. The maximum Gasteiger partial charge on any atom is 0.420 e. The van der Waals surface area contributed by atoms with Gasteiger partial charge in [-0.15, -0.1) is 10.2 Å². The maximum absolute atomic E-state index is 14.2. The first-order valence-electron chi connectivity index (χ1n) is 11.4. The minimum Gasteiger partial charge on any atom is -0.297 e. The highest BCUT2D eigenvalue weighted by Crippen LogP contribution is 2.41. The molecule has 1 unspecified atom stereocenters. The summed E-state index contributed by atoms with van der Waals surface area (Å²) < 4.78 is 44.1. The molecule has 3 heterocycles. The summed E-state index contributed by atoms with van der Waals surface area (Å²) in [6, 6.07) is 1.33. The van der Waals surface area contributed by atoms with Crippen molar-refractivity contribution in [3.05, 3.63) is 53.0 Å². The van der Waals surface area contributed by atoms with Gasteiger partial charge < -0.3 is 0 Å². The number of halogens is 3. The molecule has 3 aliphatic rings. The largest absolute Gasteiger partial charge is 0.420 e. The molecule has 1 atom stereocenters. The molecule has 0 radical (unpaired) electrons. The molecule has 166 valence electrons. The highest BCUT2D eigenvalue weighted by Gasteiger charge is 2.40. The molecule has 5 rings (SSSR count). The Morgan fingerprint density at radius 3 is 2.55 bits per heavy atom. The van der Waals surface area contributed by atoms with Gasteiger partial charge in [0, 0.05) is 18.7 Å². The van der Waals surface area contributed by atoms with Gasteiger partial charge >= 0.3 is 6.18 Å². The summed E-state index contributed by atoms with van der Waals surface area (Å²) >= 11 is 0. The number of fused-ring (bicyclic) bond motifs is 1. The molecular weight excluding hydrogens is 401 g/mol. The fourth-order valence-corrected chi connectivity index (χ4v) is 5.19. The molecule has 1 saturated heterocycles. The van der Waals surface area contributed by atoms with Crippen molar-refractivity contribution in [3.8, 4) is 0 Å². The van der Waals surface area contributed by atoms with E-state index in [0.717, 1.165) is 51.6 Å². The first kappa shape index (κ1) is 20.7. The van der Waals surface area contributed by atoms with Crippen LogP contribution in [0.25, 0.3) is 5.65 Å². The first-order chi connectivity index (χ1) is 14.9. The van der Waals surface area contributed by atoms with Crippen LogP contribution in [0, 0.1) is 11.8 Å². The minimum absolute atomic E-state index is 0.0541. The van der Waals surface area contributed by atoms with Gasteiger partial charge in [-0.05, 0) is 82.0 Å². The van der Waals surface area contributed by atoms with Crippen LogP contribution in [0.4, 0.5) is 13.2 Å². The average Bonchev–Trinajstić information content (AvgIpc) is 3.51. The summed E-state index contributed by atoms with van der Waals surface area (Å²) in [6.45, 7) is 3.52. The van der Waals surface area contributed by atoms with E-state index in [1.807, 2.05) is 6.92 Å². The number of alkyl halides is 3. The van der Waals surface area contributed by atoms with E-state index < -0.39 is 11.7 Å². The van der Waals surface area contributed by atoms with E-state index in [4.69, 9.17) is 0 Å². The third-order valence-electron chi connectivity index (χ3n) is 7.23. The van der Waals surface area contributed by atoms with Crippen molar-refractivity contribution < 1.29 is 13.2 Å². The molecule has 4 nitrogen and oxygen atoms in total. The second-order valence-corrected chi connectivity index (χ2v) is 9.30. The molecule has 2 fully saturated rings. The van der Waals surface area contributed by atoms with Crippen molar-refractivity contribution in [2.45, 2.75) is 64.1 Å². The number of hydrogen-bond acceptors (Lipinski definition) is 3. The number of piperidine rings is 1. The normalized spacial score (nSPS) is 22.1. The van der Waals surface area contributed by atoms with Crippen LogP contribution in [0.15, 0.2) is 36.1 Å². The predicted molar refractivity (Wildman–Crippen MR) is 114 cm³/mol. The third-order valence-corrected chi connectivity index (χ3v) is 7.23. The Morgan fingerprint density at radius 2 is 1.90 bits per heavy atom. The number of rotatable bonds is 5. The number of allylic oxidation sites excluding steroid dienone is 4. The molecule has 0 N–H and O–H groups in total. The minimum atomic E-state index is -4.46. The van der Waals surface area contributed by atoms with Gasteiger partial charge in [-0.25, -0.2) is 0 Å². The van der Waals surface area contributed by atoms with Crippen molar-refractivity contribution in [2.24, 2.45) is 11.8 Å². The van der Waals surface area contributed by atoms with Gasteiger partial charge in [0.15, 0.2) is 5.65 Å². The summed E-state index contributed by atoms with van der Waals surface area (Å²) in [5, 5.41) is 8.10. The summed E-state index contributed by atoms with van der Waals surface area (Å²) in [6.07, 6.45) is 11.0. The molecule has 1 saturated carbocycles. The zero-order chi connectivity index (χ0) is 21.6. The molecule has 0 aromatic carbocycles. The van der Waals surface area contributed by atoms with E-state index in [1.54, 1.807) is 16.7 Å². The van der Waals surface area contributed by atoms with Gasteiger partial charge in [0.1, 0.15) is 11.4 Å². The summed E-state index contributed by atoms with van der Waals surface area (Å²) in [5.41, 5.74) is 1.13. The van der Waals surface area contributed by atoms with Crippen molar-refractivity contribution in [3.63, 3.8) is 0 Å². The van der Waals surface area contributed by atoms with E-state index in [9.17, 15) is 13.2 Å². The summed E-state index contributed by atoms with van der Waals surface area (Å²) in [7, 11) is 0. The number of aromatic nitrogens is 3. The van der Waals surface area contributed by atoms with E-state index in [0.29, 0.717) is 29.6 Å². The van der Waals surface area contributed by atoms with E-state index in [-0.39, 0.29) is 11.7 Å². The van der Waals surface area contributed by atoms with Crippen LogP contribution in [0.1, 0.15) is 68.4 Å². The number of nitrogens with zero attached hydrogens (tertiary/aromatic N) is 4. The van der Waals surface area contributed by atoms with Crippen LogP contribution in [-0.2, 0) is 12.6 Å². The Labute approximate surface area is 180 Å². The van der Waals surface area contributed by atoms with Crippen molar-refractivity contribution in [1.82, 2.24) is 19.5 Å². The Bertz CT molecular complexity index is 1010. The Hall–Kier alpha value is -2.15. The second kappa shape index (κ2) is 8.08. The van der Waals surface area contributed by atoms with Crippen LogP contribution in [0.2, 0.25) is 0 Å². The number of pyridine rings is 1.